The fourth-order valence-electron chi connectivity index (χ4n) is 6.27. The molecular weight excluding hydrogens is 376 g/mol. The minimum absolute atomic E-state index is 0.173. The Morgan fingerprint density at radius 3 is 1.50 bits per heavy atom. The van der Waals surface area contributed by atoms with Crippen molar-refractivity contribution in [3.63, 3.8) is 0 Å². The number of aromatic nitrogens is 2. The molecule has 30 heavy (non-hydrogen) atoms. The standard InChI is InChI=1S/2C12H16N2O/c2*1-13-6-9-5-10(8-13)11-3-2-4-12(15)14(11)7-9/h2*2-4,9-10H,5-8H2,1H3. The van der Waals surface area contributed by atoms with Crippen molar-refractivity contribution in [1.29, 1.82) is 0 Å². The van der Waals surface area contributed by atoms with Gasteiger partial charge in [-0.1, -0.05) is 12.1 Å². The Kier molecular flexibility index (Phi) is 5.15. The van der Waals surface area contributed by atoms with Crippen LogP contribution in [0.4, 0.5) is 0 Å². The van der Waals surface area contributed by atoms with Crippen LogP contribution < -0.4 is 11.1 Å². The number of likely N-dealkylation sites (N-methyl/N-ethyl adjacent to an activating group) is 2. The average Bonchev–Trinajstić information content (AvgIpc) is 2.70. The molecule has 2 saturated heterocycles. The zero-order valence-corrected chi connectivity index (χ0v) is 18.0. The summed E-state index contributed by atoms with van der Waals surface area (Å²) in [5, 5.41) is 0. The van der Waals surface area contributed by atoms with Crippen LogP contribution in [0, 0.1) is 11.8 Å². The van der Waals surface area contributed by atoms with Gasteiger partial charge in [-0.2, -0.15) is 0 Å². The van der Waals surface area contributed by atoms with Gasteiger partial charge in [-0.05, 0) is 50.9 Å². The first kappa shape index (κ1) is 19.8. The van der Waals surface area contributed by atoms with Gasteiger partial charge in [-0.3, -0.25) is 9.59 Å². The second-order valence-electron chi connectivity index (χ2n) is 9.84. The summed E-state index contributed by atoms with van der Waals surface area (Å²) in [6.45, 7) is 6.29. The predicted molar refractivity (Wildman–Crippen MR) is 118 cm³/mol. The molecule has 4 bridgehead atoms. The van der Waals surface area contributed by atoms with Crippen molar-refractivity contribution in [2.45, 2.75) is 37.8 Å². The summed E-state index contributed by atoms with van der Waals surface area (Å²) in [5.74, 6) is 2.47. The maximum absolute atomic E-state index is 11.7. The van der Waals surface area contributed by atoms with Gasteiger partial charge >= 0.3 is 0 Å². The van der Waals surface area contributed by atoms with Crippen molar-refractivity contribution in [3.8, 4) is 0 Å². The van der Waals surface area contributed by atoms with E-state index in [9.17, 15) is 9.59 Å². The van der Waals surface area contributed by atoms with Crippen LogP contribution >= 0.6 is 0 Å². The van der Waals surface area contributed by atoms with Crippen molar-refractivity contribution in [2.75, 3.05) is 40.3 Å². The number of nitrogens with zero attached hydrogens (tertiary/aromatic N) is 4. The third kappa shape index (κ3) is 3.67. The summed E-state index contributed by atoms with van der Waals surface area (Å²) in [5.41, 5.74) is 2.83. The first-order valence-electron chi connectivity index (χ1n) is 11.2. The fourth-order valence-corrected chi connectivity index (χ4v) is 6.27. The summed E-state index contributed by atoms with van der Waals surface area (Å²) in [6, 6.07) is 11.4. The van der Waals surface area contributed by atoms with Gasteiger partial charge in [0.15, 0.2) is 0 Å². The number of hydrogen-bond acceptors (Lipinski definition) is 4. The van der Waals surface area contributed by atoms with Crippen LogP contribution in [-0.4, -0.2) is 59.2 Å². The largest absolute Gasteiger partial charge is 0.312 e. The molecule has 4 unspecified atom stereocenters. The van der Waals surface area contributed by atoms with Crippen molar-refractivity contribution < 1.29 is 0 Å². The summed E-state index contributed by atoms with van der Waals surface area (Å²) >= 11 is 0. The Morgan fingerprint density at radius 2 is 1.07 bits per heavy atom. The van der Waals surface area contributed by atoms with Crippen molar-refractivity contribution in [2.24, 2.45) is 11.8 Å². The van der Waals surface area contributed by atoms with Gasteiger partial charge in [0.05, 0.1) is 0 Å². The lowest BCUT2D eigenvalue weighted by molar-refractivity contribution is 0.145. The molecule has 6 nitrogen and oxygen atoms in total. The van der Waals surface area contributed by atoms with E-state index >= 15 is 0 Å². The second kappa shape index (κ2) is 7.82. The molecule has 2 aromatic heterocycles. The summed E-state index contributed by atoms with van der Waals surface area (Å²) in [4.78, 5) is 28.2. The number of rotatable bonds is 0. The van der Waals surface area contributed by atoms with Crippen LogP contribution in [0.3, 0.4) is 0 Å². The molecule has 2 aromatic rings. The highest BCUT2D eigenvalue weighted by atomic mass is 16.1. The van der Waals surface area contributed by atoms with Gasteiger partial charge in [0.2, 0.25) is 0 Å². The van der Waals surface area contributed by atoms with E-state index in [0.717, 1.165) is 39.3 Å². The van der Waals surface area contributed by atoms with Gasteiger partial charge < -0.3 is 18.9 Å². The van der Waals surface area contributed by atoms with E-state index in [-0.39, 0.29) is 11.1 Å². The number of pyridine rings is 2. The molecule has 0 radical (unpaired) electrons. The molecule has 4 aliphatic heterocycles. The molecule has 160 valence electrons. The normalized spacial score (nSPS) is 29.9. The van der Waals surface area contributed by atoms with Gasteiger partial charge in [0.1, 0.15) is 0 Å². The number of hydrogen-bond donors (Lipinski definition) is 0. The van der Waals surface area contributed by atoms with Gasteiger partial charge in [-0.15, -0.1) is 0 Å². The van der Waals surface area contributed by atoms with Crippen LogP contribution in [0.2, 0.25) is 0 Å². The third-order valence-electron chi connectivity index (χ3n) is 7.32. The van der Waals surface area contributed by atoms with Crippen LogP contribution in [0.25, 0.3) is 0 Å². The number of piperidine rings is 2. The molecule has 0 aliphatic carbocycles. The lowest BCUT2D eigenvalue weighted by Crippen LogP contribution is -2.45. The maximum Gasteiger partial charge on any atom is 0.250 e. The highest BCUT2D eigenvalue weighted by Crippen LogP contribution is 2.35. The van der Waals surface area contributed by atoms with Crippen LogP contribution in [0.5, 0.6) is 0 Å². The van der Waals surface area contributed by atoms with Crippen LogP contribution in [-0.2, 0) is 13.1 Å². The van der Waals surface area contributed by atoms with Gasteiger partial charge in [0, 0.05) is 74.6 Å². The second-order valence-corrected chi connectivity index (χ2v) is 9.84. The van der Waals surface area contributed by atoms with Crippen molar-refractivity contribution in [3.05, 3.63) is 68.5 Å². The summed E-state index contributed by atoms with van der Waals surface area (Å²) in [7, 11) is 4.35. The van der Waals surface area contributed by atoms with E-state index in [1.54, 1.807) is 12.1 Å². The highest BCUT2D eigenvalue weighted by molar-refractivity contribution is 5.17. The first-order valence-corrected chi connectivity index (χ1v) is 11.2. The van der Waals surface area contributed by atoms with E-state index in [0.29, 0.717) is 23.7 Å². The number of likely N-dealkylation sites (tertiary alicyclic amines) is 2. The molecule has 6 heterocycles. The van der Waals surface area contributed by atoms with Crippen molar-refractivity contribution >= 4 is 0 Å². The Labute approximate surface area is 177 Å². The van der Waals surface area contributed by atoms with Crippen molar-refractivity contribution in [1.82, 2.24) is 18.9 Å². The maximum atomic E-state index is 11.7. The molecule has 4 atom stereocenters. The van der Waals surface area contributed by atoms with Gasteiger partial charge in [0.25, 0.3) is 11.1 Å². The highest BCUT2D eigenvalue weighted by Gasteiger charge is 2.33. The Bertz CT molecular complexity index is 958. The smallest absolute Gasteiger partial charge is 0.250 e. The SMILES string of the molecule is CN1CC2CC(C1)c1cccc(=O)n1C2.CN1CC2CC(C1)c1cccc(=O)n1C2. The lowest BCUT2D eigenvalue weighted by atomic mass is 9.83. The van der Waals surface area contributed by atoms with Crippen LogP contribution in [0.15, 0.2) is 46.0 Å². The lowest BCUT2D eigenvalue weighted by Gasteiger charge is -2.41. The molecule has 0 N–H and O–H groups in total. The molecule has 4 aliphatic rings. The predicted octanol–water partition coefficient (Wildman–Crippen LogP) is 1.79. The molecule has 0 amide bonds. The summed E-state index contributed by atoms with van der Waals surface area (Å²) in [6.07, 6.45) is 2.52. The van der Waals surface area contributed by atoms with E-state index in [1.807, 2.05) is 21.3 Å². The third-order valence-corrected chi connectivity index (χ3v) is 7.32. The van der Waals surface area contributed by atoms with E-state index < -0.39 is 0 Å². The Morgan fingerprint density at radius 1 is 0.633 bits per heavy atom. The first-order chi connectivity index (χ1) is 14.5. The monoisotopic (exact) mass is 408 g/mol. The Hall–Kier alpha value is -2.18. The zero-order chi connectivity index (χ0) is 20.8. The van der Waals surface area contributed by atoms with E-state index in [1.165, 1.54) is 24.2 Å². The van der Waals surface area contributed by atoms with E-state index in [2.05, 4.69) is 36.0 Å². The summed E-state index contributed by atoms with van der Waals surface area (Å²) < 4.78 is 3.96. The molecule has 0 spiro atoms. The average molecular weight is 409 g/mol. The minimum atomic E-state index is 0.173. The molecule has 6 heteroatoms. The quantitative estimate of drug-likeness (QED) is 0.667. The van der Waals surface area contributed by atoms with Gasteiger partial charge in [-0.25, -0.2) is 0 Å². The molecular formula is C24H32N4O2. The minimum Gasteiger partial charge on any atom is -0.312 e. The molecule has 0 saturated carbocycles. The molecule has 0 aromatic carbocycles. The topological polar surface area (TPSA) is 50.5 Å². The number of fused-ring (bicyclic) bond motifs is 8. The van der Waals surface area contributed by atoms with Crippen LogP contribution in [0.1, 0.15) is 36.1 Å². The van der Waals surface area contributed by atoms with E-state index in [4.69, 9.17) is 0 Å². The molecule has 2 fully saturated rings. The fraction of sp³-hybridized carbons (Fsp3) is 0.583. The molecule has 6 rings (SSSR count). The zero-order valence-electron chi connectivity index (χ0n) is 18.0. The Balaban J connectivity index is 0.000000128.